The van der Waals surface area contributed by atoms with E-state index in [0.717, 1.165) is 57.7 Å². The zero-order chi connectivity index (χ0) is 25.9. The average molecular weight is 515 g/mol. The molecular weight excluding hydrogens is 472 g/mol. The number of carbonyl (C=O) groups excluding carboxylic acids is 1. The summed E-state index contributed by atoms with van der Waals surface area (Å²) in [5.74, 6) is 0.676. The van der Waals surface area contributed by atoms with Crippen LogP contribution < -0.4 is 0 Å². The average Bonchev–Trinajstić information content (AvgIpc) is 2.86. The highest BCUT2D eigenvalue weighted by Gasteiger charge is 2.41. The summed E-state index contributed by atoms with van der Waals surface area (Å²) in [7, 11) is 0. The summed E-state index contributed by atoms with van der Waals surface area (Å²) in [6, 6.07) is 6.29. The molecule has 1 aromatic heterocycles. The molecule has 0 aromatic carbocycles. The lowest BCUT2D eigenvalue weighted by Gasteiger charge is -2.50. The van der Waals surface area contributed by atoms with Gasteiger partial charge in [0, 0.05) is 51.4 Å². The third-order valence-corrected chi connectivity index (χ3v) is 8.42. The van der Waals surface area contributed by atoms with Gasteiger partial charge in [0.25, 0.3) is 0 Å². The van der Waals surface area contributed by atoms with E-state index in [1.807, 2.05) is 19.2 Å². The predicted octanol–water partition coefficient (Wildman–Crippen LogP) is 4.62. The second-order valence-electron chi connectivity index (χ2n) is 11.8. The highest BCUT2D eigenvalue weighted by Crippen LogP contribution is 2.37. The van der Waals surface area contributed by atoms with Gasteiger partial charge in [-0.1, -0.05) is 45.1 Å². The number of hydrogen-bond donors (Lipinski definition) is 1. The van der Waals surface area contributed by atoms with Gasteiger partial charge in [0.15, 0.2) is 0 Å². The zero-order valence-corrected chi connectivity index (χ0v) is 23.1. The molecule has 2 aliphatic heterocycles. The fourth-order valence-electron chi connectivity index (χ4n) is 5.89. The van der Waals surface area contributed by atoms with E-state index < -0.39 is 6.23 Å². The van der Waals surface area contributed by atoms with Crippen molar-refractivity contribution in [2.45, 2.75) is 77.1 Å². The van der Waals surface area contributed by atoms with Crippen molar-refractivity contribution in [3.8, 4) is 0 Å². The molecule has 3 heterocycles. The molecular formula is C29H43ClN4O2. The van der Waals surface area contributed by atoms with Gasteiger partial charge in [0.1, 0.15) is 6.23 Å². The van der Waals surface area contributed by atoms with E-state index in [-0.39, 0.29) is 28.8 Å². The molecule has 1 N–H and O–H groups in total. The lowest BCUT2D eigenvalue weighted by molar-refractivity contribution is -0.141. The molecule has 0 radical (unpaired) electrons. The summed E-state index contributed by atoms with van der Waals surface area (Å²) in [4.78, 5) is 25.1. The quantitative estimate of drug-likeness (QED) is 0.561. The molecule has 3 unspecified atom stereocenters. The van der Waals surface area contributed by atoms with Crippen molar-refractivity contribution in [2.24, 2.45) is 11.3 Å². The van der Waals surface area contributed by atoms with Crippen molar-refractivity contribution in [1.29, 1.82) is 0 Å². The van der Waals surface area contributed by atoms with Gasteiger partial charge in [-0.2, -0.15) is 0 Å². The molecule has 7 heteroatoms. The van der Waals surface area contributed by atoms with Crippen molar-refractivity contribution < 1.29 is 9.90 Å². The van der Waals surface area contributed by atoms with Crippen LogP contribution in [-0.4, -0.2) is 81.1 Å². The maximum Gasteiger partial charge on any atom is 0.223 e. The first-order chi connectivity index (χ1) is 17.1. The number of allylic oxidation sites excluding steroid dienone is 2. The summed E-state index contributed by atoms with van der Waals surface area (Å²) in [6.45, 7) is 12.6. The minimum Gasteiger partial charge on any atom is -0.379 e. The van der Waals surface area contributed by atoms with Gasteiger partial charge in [-0.15, -0.1) is 11.6 Å². The molecule has 0 saturated carbocycles. The fraction of sp³-hybridized carbons (Fsp3) is 0.655. The number of piperidine rings is 1. The van der Waals surface area contributed by atoms with E-state index in [2.05, 4.69) is 65.8 Å². The number of hydrogen-bond acceptors (Lipinski definition) is 5. The third kappa shape index (κ3) is 6.58. The van der Waals surface area contributed by atoms with E-state index in [1.165, 1.54) is 5.57 Å². The number of aliphatic hydroxyl groups excluding tert-OH is 1. The van der Waals surface area contributed by atoms with Gasteiger partial charge in [-0.25, -0.2) is 0 Å². The number of likely N-dealkylation sites (tertiary alicyclic amines) is 1. The van der Waals surface area contributed by atoms with Crippen molar-refractivity contribution in [3.05, 3.63) is 53.9 Å². The highest BCUT2D eigenvalue weighted by atomic mass is 35.5. The Morgan fingerprint density at radius 3 is 2.50 bits per heavy atom. The fourth-order valence-corrected chi connectivity index (χ4v) is 6.06. The van der Waals surface area contributed by atoms with Gasteiger partial charge in [0.2, 0.25) is 5.91 Å². The summed E-state index contributed by atoms with van der Waals surface area (Å²) in [5.41, 5.74) is 2.23. The number of carbonyl (C=O) groups is 1. The van der Waals surface area contributed by atoms with Crippen molar-refractivity contribution in [2.75, 3.05) is 32.7 Å². The SMILES string of the molecule is CC(O)N1CCC(CC(=O)N2CCN(C(C3=CCC(Cl)C=C3)c3ccccn3)C[C@@H]2C(C)(C)C)CC1. The number of aromatic nitrogens is 1. The largest absolute Gasteiger partial charge is 0.379 e. The van der Waals surface area contributed by atoms with Crippen molar-refractivity contribution in [1.82, 2.24) is 19.7 Å². The second-order valence-corrected chi connectivity index (χ2v) is 12.3. The van der Waals surface area contributed by atoms with E-state index in [4.69, 9.17) is 16.6 Å². The van der Waals surface area contributed by atoms with Crippen LogP contribution in [0.2, 0.25) is 0 Å². The van der Waals surface area contributed by atoms with Gasteiger partial charge in [-0.05, 0) is 55.2 Å². The Kier molecular flexibility index (Phi) is 8.92. The molecule has 1 aliphatic carbocycles. The molecule has 1 aromatic rings. The standard InChI is InChI=1S/C29H43ClN4O2/c1-21(35)32-15-12-22(13-16-32)19-27(36)34-18-17-33(20-26(34)29(2,3)4)28(25-7-5-6-14-31-25)23-8-10-24(30)11-9-23/h5-10,14,21-22,24,26,28,35H,11-13,15-20H2,1-4H3/t21?,24?,26-,28?/m1/s1. The maximum absolute atomic E-state index is 13.6. The van der Waals surface area contributed by atoms with Crippen LogP contribution >= 0.6 is 11.6 Å². The lowest BCUT2D eigenvalue weighted by atomic mass is 9.82. The molecule has 36 heavy (non-hydrogen) atoms. The Hall–Kier alpha value is -1.73. The highest BCUT2D eigenvalue weighted by molar-refractivity contribution is 6.22. The Morgan fingerprint density at radius 1 is 1.17 bits per heavy atom. The number of piperazine rings is 1. The van der Waals surface area contributed by atoms with Crippen molar-refractivity contribution >= 4 is 17.5 Å². The van der Waals surface area contributed by atoms with E-state index in [0.29, 0.717) is 12.3 Å². The monoisotopic (exact) mass is 514 g/mol. The first-order valence-corrected chi connectivity index (χ1v) is 14.0. The molecule has 0 bridgehead atoms. The molecule has 4 rings (SSSR count). The number of alkyl halides is 1. The third-order valence-electron chi connectivity index (χ3n) is 8.10. The van der Waals surface area contributed by atoms with E-state index in [1.54, 1.807) is 0 Å². The molecule has 4 atom stereocenters. The molecule has 2 saturated heterocycles. The Morgan fingerprint density at radius 2 is 1.92 bits per heavy atom. The van der Waals surface area contributed by atoms with Gasteiger partial charge in [0.05, 0.1) is 17.1 Å². The van der Waals surface area contributed by atoms with Crippen LogP contribution in [0.4, 0.5) is 0 Å². The maximum atomic E-state index is 13.6. The van der Waals surface area contributed by atoms with Crippen LogP contribution in [0.25, 0.3) is 0 Å². The summed E-state index contributed by atoms with van der Waals surface area (Å²) in [6.07, 6.45) is 11.3. The van der Waals surface area contributed by atoms with Crippen LogP contribution in [0.3, 0.4) is 0 Å². The number of amides is 1. The van der Waals surface area contributed by atoms with E-state index >= 15 is 0 Å². The summed E-state index contributed by atoms with van der Waals surface area (Å²) >= 11 is 6.34. The molecule has 3 aliphatic rings. The zero-order valence-electron chi connectivity index (χ0n) is 22.3. The second kappa shape index (κ2) is 11.8. The molecule has 1 amide bonds. The Labute approximate surface area is 222 Å². The normalized spacial score (nSPS) is 26.5. The van der Waals surface area contributed by atoms with Crippen LogP contribution in [-0.2, 0) is 4.79 Å². The Balaban J connectivity index is 1.49. The first kappa shape index (κ1) is 27.3. The predicted molar refractivity (Wildman–Crippen MR) is 146 cm³/mol. The van der Waals surface area contributed by atoms with E-state index in [9.17, 15) is 9.90 Å². The number of pyridine rings is 1. The lowest BCUT2D eigenvalue weighted by Crippen LogP contribution is -2.60. The van der Waals surface area contributed by atoms with Crippen LogP contribution in [0.5, 0.6) is 0 Å². The number of nitrogens with zero attached hydrogens (tertiary/aromatic N) is 4. The number of halogens is 1. The van der Waals surface area contributed by atoms with Crippen LogP contribution in [0, 0.1) is 11.3 Å². The van der Waals surface area contributed by atoms with Gasteiger partial charge < -0.3 is 10.0 Å². The molecule has 198 valence electrons. The molecule has 0 spiro atoms. The topological polar surface area (TPSA) is 59.9 Å². The van der Waals surface area contributed by atoms with Crippen molar-refractivity contribution in [3.63, 3.8) is 0 Å². The van der Waals surface area contributed by atoms with Crippen LogP contribution in [0.15, 0.2) is 48.2 Å². The minimum absolute atomic E-state index is 0.0439. The molecule has 6 nitrogen and oxygen atoms in total. The number of rotatable bonds is 6. The minimum atomic E-state index is -0.406. The van der Waals surface area contributed by atoms with Crippen LogP contribution in [0.1, 0.15) is 65.1 Å². The first-order valence-electron chi connectivity index (χ1n) is 13.5. The molecule has 2 fully saturated rings. The van der Waals surface area contributed by atoms with Gasteiger partial charge >= 0.3 is 0 Å². The summed E-state index contributed by atoms with van der Waals surface area (Å²) < 4.78 is 0. The number of aliphatic hydroxyl groups is 1. The smallest absolute Gasteiger partial charge is 0.223 e. The summed E-state index contributed by atoms with van der Waals surface area (Å²) in [5, 5.41) is 9.90. The Bertz CT molecular complexity index is 934. The van der Waals surface area contributed by atoms with Gasteiger partial charge in [-0.3, -0.25) is 19.6 Å².